The van der Waals surface area contributed by atoms with Gasteiger partial charge in [-0.25, -0.2) is 0 Å². The number of hydrogen-bond acceptors (Lipinski definition) is 5. The minimum Gasteiger partial charge on any atom is -0.481 e. The van der Waals surface area contributed by atoms with Crippen LogP contribution in [0, 0.1) is 23.2 Å². The van der Waals surface area contributed by atoms with Crippen LogP contribution in [0.25, 0.3) is 0 Å². The number of amides is 1. The van der Waals surface area contributed by atoms with Crippen molar-refractivity contribution in [3.63, 3.8) is 0 Å². The number of carbonyl (C=O) groups is 3. The standard InChI is InChI=1S/C20H21NO6/c1-9-13(11-5-4-8-26-11)21-16(10(2)14(9)22)20-7-6-12(27-20)19(3,18(24)25)15(20)17(21)23/h4-10,12-13,15-16H,1-3H3,(H,24,25)/t9-,10-,12+,13+,15+,16-,19+,20-/m1/s1. The SMILES string of the molecule is C[C@@H]1C(=O)[C@H](C)[C@@H](c2ccco2)N2C(=O)[C@@H]3[C@]4(C=C[C@H](O4)[C@]3(C)C(=O)O)[C@@H]12. The summed E-state index contributed by atoms with van der Waals surface area (Å²) >= 11 is 0. The molecule has 0 radical (unpaired) electrons. The molecule has 2 bridgehead atoms. The first-order valence-electron chi connectivity index (χ1n) is 9.25. The number of carbonyl (C=O) groups excluding carboxylic acids is 2. The van der Waals surface area contributed by atoms with Crippen LogP contribution in [0.3, 0.4) is 0 Å². The fourth-order valence-corrected chi connectivity index (χ4v) is 5.94. The molecule has 1 N–H and O–H groups in total. The van der Waals surface area contributed by atoms with E-state index in [1.54, 1.807) is 43.9 Å². The first kappa shape index (κ1) is 16.7. The van der Waals surface area contributed by atoms with Gasteiger partial charge in [0.2, 0.25) is 5.91 Å². The second-order valence-corrected chi connectivity index (χ2v) is 8.40. The van der Waals surface area contributed by atoms with Gasteiger partial charge in [-0.05, 0) is 19.1 Å². The lowest BCUT2D eigenvalue weighted by Gasteiger charge is -2.46. The van der Waals surface area contributed by atoms with E-state index < -0.39 is 52.9 Å². The van der Waals surface area contributed by atoms with E-state index in [9.17, 15) is 19.5 Å². The molecule has 7 heteroatoms. The number of piperidine rings is 1. The van der Waals surface area contributed by atoms with Crippen molar-refractivity contribution in [2.24, 2.45) is 23.2 Å². The molecule has 1 aromatic rings. The van der Waals surface area contributed by atoms with E-state index >= 15 is 0 Å². The molecule has 142 valence electrons. The van der Waals surface area contributed by atoms with Gasteiger partial charge in [-0.15, -0.1) is 0 Å². The van der Waals surface area contributed by atoms with Crippen molar-refractivity contribution in [3.05, 3.63) is 36.3 Å². The van der Waals surface area contributed by atoms with Crippen molar-refractivity contribution in [2.45, 2.75) is 44.6 Å². The Morgan fingerprint density at radius 2 is 2.00 bits per heavy atom. The topological polar surface area (TPSA) is 97.0 Å². The number of ketones is 1. The van der Waals surface area contributed by atoms with Gasteiger partial charge >= 0.3 is 5.97 Å². The number of nitrogens with zero attached hydrogens (tertiary/aromatic N) is 1. The molecule has 0 aromatic carbocycles. The van der Waals surface area contributed by atoms with Crippen LogP contribution in [0.1, 0.15) is 32.6 Å². The second-order valence-electron chi connectivity index (χ2n) is 8.40. The molecule has 0 saturated carbocycles. The monoisotopic (exact) mass is 371 g/mol. The smallest absolute Gasteiger partial charge is 0.313 e. The highest BCUT2D eigenvalue weighted by Gasteiger charge is 2.79. The number of furan rings is 1. The van der Waals surface area contributed by atoms with Crippen molar-refractivity contribution in [3.8, 4) is 0 Å². The lowest BCUT2D eigenvalue weighted by atomic mass is 9.63. The van der Waals surface area contributed by atoms with Gasteiger partial charge in [0.05, 0.1) is 30.4 Å². The zero-order valence-corrected chi connectivity index (χ0v) is 15.3. The third-order valence-corrected chi connectivity index (χ3v) is 7.21. The van der Waals surface area contributed by atoms with Gasteiger partial charge in [-0.1, -0.05) is 26.0 Å². The number of Topliss-reactive ketones (excluding diaryl/α,β-unsaturated/α-hetero) is 1. The number of carboxylic acid groups (broad SMARTS) is 1. The highest BCUT2D eigenvalue weighted by molar-refractivity contribution is 5.97. The Labute approximate surface area is 156 Å². The third-order valence-electron chi connectivity index (χ3n) is 7.21. The Hall–Kier alpha value is -2.41. The number of hydrogen-bond donors (Lipinski definition) is 1. The van der Waals surface area contributed by atoms with Crippen molar-refractivity contribution < 1.29 is 28.6 Å². The van der Waals surface area contributed by atoms with Crippen LogP contribution in [0.4, 0.5) is 0 Å². The van der Waals surface area contributed by atoms with Crippen molar-refractivity contribution >= 4 is 17.7 Å². The average Bonchev–Trinajstić information content (AvgIpc) is 3.37. The van der Waals surface area contributed by atoms with E-state index in [1.165, 1.54) is 6.26 Å². The third kappa shape index (κ3) is 1.65. The first-order chi connectivity index (χ1) is 12.7. The molecule has 3 fully saturated rings. The summed E-state index contributed by atoms with van der Waals surface area (Å²) in [6.45, 7) is 5.18. The van der Waals surface area contributed by atoms with Crippen molar-refractivity contribution in [1.82, 2.24) is 4.90 Å². The predicted molar refractivity (Wildman–Crippen MR) is 91.4 cm³/mol. The number of rotatable bonds is 2. The number of carboxylic acids is 1. The Morgan fingerprint density at radius 3 is 2.63 bits per heavy atom. The minimum atomic E-state index is -1.36. The van der Waals surface area contributed by atoms with E-state index in [4.69, 9.17) is 9.15 Å². The minimum absolute atomic E-state index is 0.0323. The Kier molecular flexibility index (Phi) is 3.04. The fourth-order valence-electron chi connectivity index (χ4n) is 5.94. The summed E-state index contributed by atoms with van der Waals surface area (Å²) in [4.78, 5) is 40.5. The number of ether oxygens (including phenoxy) is 1. The van der Waals surface area contributed by atoms with E-state index in [2.05, 4.69) is 0 Å². The van der Waals surface area contributed by atoms with Gasteiger partial charge in [-0.2, -0.15) is 0 Å². The van der Waals surface area contributed by atoms with Crippen LogP contribution >= 0.6 is 0 Å². The average molecular weight is 371 g/mol. The molecular formula is C20H21NO6. The van der Waals surface area contributed by atoms with Gasteiger partial charge in [0.1, 0.15) is 22.6 Å². The predicted octanol–water partition coefficient (Wildman–Crippen LogP) is 1.80. The van der Waals surface area contributed by atoms with Crippen LogP contribution in [0.5, 0.6) is 0 Å². The molecule has 8 atom stereocenters. The molecule has 1 spiro atoms. The van der Waals surface area contributed by atoms with Gasteiger partial charge in [-0.3, -0.25) is 14.4 Å². The molecule has 0 aliphatic carbocycles. The molecular weight excluding hydrogens is 350 g/mol. The zero-order valence-electron chi connectivity index (χ0n) is 15.3. The van der Waals surface area contributed by atoms with E-state index in [0.29, 0.717) is 5.76 Å². The summed E-state index contributed by atoms with van der Waals surface area (Å²) < 4.78 is 11.7. The normalized spacial score (nSPS) is 47.4. The van der Waals surface area contributed by atoms with Crippen molar-refractivity contribution in [2.75, 3.05) is 0 Å². The van der Waals surface area contributed by atoms with Crippen LogP contribution in [-0.2, 0) is 19.1 Å². The van der Waals surface area contributed by atoms with Gasteiger partial charge < -0.3 is 19.2 Å². The Balaban J connectivity index is 1.72. The van der Waals surface area contributed by atoms with Crippen LogP contribution < -0.4 is 0 Å². The molecule has 27 heavy (non-hydrogen) atoms. The van der Waals surface area contributed by atoms with Crippen LogP contribution in [0.15, 0.2) is 35.0 Å². The quantitative estimate of drug-likeness (QED) is 0.797. The maximum atomic E-state index is 13.6. The Morgan fingerprint density at radius 1 is 1.26 bits per heavy atom. The highest BCUT2D eigenvalue weighted by Crippen LogP contribution is 2.64. The fraction of sp³-hybridized carbons (Fsp3) is 0.550. The summed E-state index contributed by atoms with van der Waals surface area (Å²) in [6.07, 6.45) is 4.39. The molecule has 0 unspecified atom stereocenters. The summed E-state index contributed by atoms with van der Waals surface area (Å²) in [5.41, 5.74) is -2.45. The number of aliphatic carboxylic acids is 1. The molecule has 3 saturated heterocycles. The van der Waals surface area contributed by atoms with E-state index in [1.807, 2.05) is 6.08 Å². The second kappa shape index (κ2) is 4.90. The van der Waals surface area contributed by atoms with Gasteiger partial charge in [0.25, 0.3) is 0 Å². The largest absolute Gasteiger partial charge is 0.481 e. The number of fused-ring (bicyclic) bond motifs is 2. The summed E-state index contributed by atoms with van der Waals surface area (Å²) in [7, 11) is 0. The Bertz CT molecular complexity index is 890. The zero-order chi connectivity index (χ0) is 19.3. The molecule has 4 aliphatic heterocycles. The van der Waals surface area contributed by atoms with Gasteiger partial charge in [0, 0.05) is 11.8 Å². The molecule has 1 aromatic heterocycles. The van der Waals surface area contributed by atoms with E-state index in [-0.39, 0.29) is 11.7 Å². The van der Waals surface area contributed by atoms with Crippen LogP contribution in [0.2, 0.25) is 0 Å². The summed E-state index contributed by atoms with van der Waals surface area (Å²) in [6, 6.07) is 2.37. The molecule has 5 heterocycles. The molecule has 5 rings (SSSR count). The maximum absolute atomic E-state index is 13.6. The van der Waals surface area contributed by atoms with Crippen LogP contribution in [-0.4, -0.2) is 45.4 Å². The maximum Gasteiger partial charge on any atom is 0.313 e. The van der Waals surface area contributed by atoms with E-state index in [0.717, 1.165) is 0 Å². The summed E-state index contributed by atoms with van der Waals surface area (Å²) in [5.74, 6) is -2.53. The van der Waals surface area contributed by atoms with Gasteiger partial charge in [0.15, 0.2) is 0 Å². The highest BCUT2D eigenvalue weighted by atomic mass is 16.5. The molecule has 7 nitrogen and oxygen atoms in total. The summed E-state index contributed by atoms with van der Waals surface area (Å²) in [5, 5.41) is 9.94. The first-order valence-corrected chi connectivity index (χ1v) is 9.25. The lowest BCUT2D eigenvalue weighted by molar-refractivity contribution is -0.161. The molecule has 1 amide bonds. The lowest BCUT2D eigenvalue weighted by Crippen LogP contribution is -2.58. The molecule has 4 aliphatic rings. The van der Waals surface area contributed by atoms with Crippen molar-refractivity contribution in [1.29, 1.82) is 0 Å².